The lowest BCUT2D eigenvalue weighted by molar-refractivity contribution is -0.199. The first-order valence-corrected chi connectivity index (χ1v) is 8.92. The molecule has 5 nitrogen and oxygen atoms in total. The van der Waals surface area contributed by atoms with Gasteiger partial charge in [0, 0.05) is 24.4 Å². The van der Waals surface area contributed by atoms with Crippen LogP contribution in [0.5, 0.6) is 0 Å². The van der Waals surface area contributed by atoms with Crippen LogP contribution in [0.2, 0.25) is 0 Å². The zero-order valence-electron chi connectivity index (χ0n) is 14.9. The van der Waals surface area contributed by atoms with Gasteiger partial charge < -0.3 is 19.7 Å². The van der Waals surface area contributed by atoms with E-state index in [1.807, 2.05) is 20.8 Å². The van der Waals surface area contributed by atoms with Crippen LogP contribution in [0.25, 0.3) is 0 Å². The minimum atomic E-state index is -0.672. The van der Waals surface area contributed by atoms with Gasteiger partial charge >= 0.3 is 5.97 Å². The van der Waals surface area contributed by atoms with E-state index in [-0.39, 0.29) is 48.6 Å². The van der Waals surface area contributed by atoms with Crippen molar-refractivity contribution in [3.8, 4) is 0 Å². The Morgan fingerprint density at radius 2 is 1.83 bits per heavy atom. The van der Waals surface area contributed by atoms with Crippen LogP contribution in [-0.2, 0) is 14.3 Å². The highest BCUT2D eigenvalue weighted by molar-refractivity contribution is 5.73. The van der Waals surface area contributed by atoms with Crippen LogP contribution in [0, 0.1) is 29.6 Å². The first kappa shape index (κ1) is 18.7. The second-order valence-corrected chi connectivity index (χ2v) is 7.75. The Morgan fingerprint density at radius 1 is 1.17 bits per heavy atom. The van der Waals surface area contributed by atoms with Gasteiger partial charge in [-0.05, 0) is 25.7 Å². The number of rotatable bonds is 4. The molecule has 2 N–H and O–H groups in total. The van der Waals surface area contributed by atoms with Gasteiger partial charge in [-0.2, -0.15) is 0 Å². The molecule has 0 radical (unpaired) electrons. The number of hydrogen-bond donors (Lipinski definition) is 2. The lowest BCUT2D eigenvalue weighted by Crippen LogP contribution is -2.53. The zero-order valence-corrected chi connectivity index (χ0v) is 14.9. The molecule has 2 saturated heterocycles. The summed E-state index contributed by atoms with van der Waals surface area (Å²) in [6.45, 7) is 9.97. The second kappa shape index (κ2) is 7.49. The van der Waals surface area contributed by atoms with Crippen LogP contribution in [0.15, 0.2) is 0 Å². The highest BCUT2D eigenvalue weighted by atomic mass is 16.6. The largest absolute Gasteiger partial charge is 0.461 e. The summed E-state index contributed by atoms with van der Waals surface area (Å²) in [5, 5.41) is 19.7. The second-order valence-electron chi connectivity index (χ2n) is 7.75. The molecule has 2 fully saturated rings. The maximum Gasteiger partial charge on any atom is 0.311 e. The molecule has 2 aliphatic heterocycles. The van der Waals surface area contributed by atoms with Crippen molar-refractivity contribution in [1.82, 2.24) is 0 Å². The molecule has 2 aliphatic rings. The molecule has 0 aromatic carbocycles. The van der Waals surface area contributed by atoms with Gasteiger partial charge in [-0.25, -0.2) is 0 Å². The van der Waals surface area contributed by atoms with Crippen molar-refractivity contribution in [2.45, 2.75) is 71.9 Å². The Hall–Kier alpha value is -0.650. The number of carbonyl (C=O) groups is 1. The van der Waals surface area contributed by atoms with Crippen molar-refractivity contribution in [2.75, 3.05) is 6.61 Å². The zero-order chi connectivity index (χ0) is 17.3. The van der Waals surface area contributed by atoms with Gasteiger partial charge in [0.15, 0.2) is 0 Å². The fraction of sp³-hybridized carbons (Fsp3) is 0.944. The maximum absolute atomic E-state index is 12.0. The predicted molar refractivity (Wildman–Crippen MR) is 86.7 cm³/mol. The summed E-state index contributed by atoms with van der Waals surface area (Å²) in [7, 11) is 0. The van der Waals surface area contributed by atoms with Gasteiger partial charge in [0.05, 0.1) is 24.2 Å². The molecule has 23 heavy (non-hydrogen) atoms. The third-order valence-corrected chi connectivity index (χ3v) is 5.95. The molecule has 0 spiro atoms. The quantitative estimate of drug-likeness (QED) is 0.772. The van der Waals surface area contributed by atoms with Crippen molar-refractivity contribution >= 4 is 5.97 Å². The average molecular weight is 328 g/mol. The minimum Gasteiger partial charge on any atom is -0.461 e. The van der Waals surface area contributed by atoms with E-state index in [0.717, 1.165) is 12.8 Å². The van der Waals surface area contributed by atoms with Gasteiger partial charge in [0.2, 0.25) is 0 Å². The average Bonchev–Trinajstić information content (AvgIpc) is 2.55. The van der Waals surface area contributed by atoms with Crippen molar-refractivity contribution < 1.29 is 24.5 Å². The number of aliphatic hydroxyl groups excluding tert-OH is 2. The summed E-state index contributed by atoms with van der Waals surface area (Å²) in [5.41, 5.74) is 0. The standard InChI is InChI=1S/C18H32O5/c1-9-6-7-14(10(2)8-19)22-16(9)13(5)17-11(3)15(20)12(4)18(21)23-17/h9-17,19-20H,6-8H2,1-5H3/t9-,10+,11-,12-,13+,14-,15+,16-,17-/m0/s1. The number of carbonyl (C=O) groups excluding carboxylic acids is 1. The summed E-state index contributed by atoms with van der Waals surface area (Å²) < 4.78 is 11.9. The molecule has 0 bridgehead atoms. The van der Waals surface area contributed by atoms with Crippen molar-refractivity contribution in [3.05, 3.63) is 0 Å². The number of ether oxygens (including phenoxy) is 2. The van der Waals surface area contributed by atoms with Crippen molar-refractivity contribution in [3.63, 3.8) is 0 Å². The molecule has 2 rings (SSSR count). The molecule has 2 heterocycles. The maximum atomic E-state index is 12.0. The Labute approximate surface area is 139 Å². The van der Waals surface area contributed by atoms with Crippen LogP contribution in [0.4, 0.5) is 0 Å². The Kier molecular flexibility index (Phi) is 6.09. The molecule has 0 aromatic heterocycles. The van der Waals surface area contributed by atoms with Gasteiger partial charge in [0.1, 0.15) is 6.10 Å². The van der Waals surface area contributed by atoms with E-state index in [9.17, 15) is 15.0 Å². The SMILES string of the molecule is C[C@H]1[C@@H](O)[C@H](C)C(=O)O[C@@H]1[C@H](C)[C@H]1O[C@H]([C@H](C)CO)CC[C@@H]1C. The van der Waals surface area contributed by atoms with Crippen LogP contribution in [0.1, 0.15) is 47.5 Å². The topological polar surface area (TPSA) is 76.0 Å². The van der Waals surface area contributed by atoms with Crippen LogP contribution < -0.4 is 0 Å². The van der Waals surface area contributed by atoms with Crippen molar-refractivity contribution in [2.24, 2.45) is 29.6 Å². The Balaban J connectivity index is 2.11. The molecule has 5 heteroatoms. The summed E-state index contributed by atoms with van der Waals surface area (Å²) in [6.07, 6.45) is 1.01. The van der Waals surface area contributed by atoms with E-state index in [1.54, 1.807) is 6.92 Å². The van der Waals surface area contributed by atoms with Crippen LogP contribution >= 0.6 is 0 Å². The smallest absolute Gasteiger partial charge is 0.311 e. The third kappa shape index (κ3) is 3.72. The third-order valence-electron chi connectivity index (χ3n) is 5.95. The monoisotopic (exact) mass is 328 g/mol. The number of cyclic esters (lactones) is 1. The molecule has 0 saturated carbocycles. The first-order valence-electron chi connectivity index (χ1n) is 8.92. The summed E-state index contributed by atoms with van der Waals surface area (Å²) >= 11 is 0. The highest BCUT2D eigenvalue weighted by Crippen LogP contribution is 2.38. The molecule has 134 valence electrons. The molecule has 0 aromatic rings. The van der Waals surface area contributed by atoms with Gasteiger partial charge in [-0.15, -0.1) is 0 Å². The van der Waals surface area contributed by atoms with Gasteiger partial charge in [-0.3, -0.25) is 4.79 Å². The van der Waals surface area contributed by atoms with E-state index in [1.165, 1.54) is 0 Å². The Bertz CT molecular complexity index is 412. The minimum absolute atomic E-state index is 0.0137. The van der Waals surface area contributed by atoms with Crippen LogP contribution in [0.3, 0.4) is 0 Å². The lowest BCUT2D eigenvalue weighted by atomic mass is 9.75. The van der Waals surface area contributed by atoms with E-state index < -0.39 is 12.0 Å². The molecule has 9 atom stereocenters. The summed E-state index contributed by atoms with van der Waals surface area (Å²) in [4.78, 5) is 12.0. The molecule has 0 amide bonds. The van der Waals surface area contributed by atoms with E-state index in [2.05, 4.69) is 6.92 Å². The van der Waals surface area contributed by atoms with E-state index in [4.69, 9.17) is 9.47 Å². The fourth-order valence-electron chi connectivity index (χ4n) is 4.08. The Morgan fingerprint density at radius 3 is 2.43 bits per heavy atom. The highest BCUT2D eigenvalue weighted by Gasteiger charge is 2.46. The lowest BCUT2D eigenvalue weighted by Gasteiger charge is -2.45. The first-order chi connectivity index (χ1) is 10.8. The van der Waals surface area contributed by atoms with Crippen LogP contribution in [-0.4, -0.2) is 47.2 Å². The van der Waals surface area contributed by atoms with Crippen molar-refractivity contribution in [1.29, 1.82) is 0 Å². The summed E-state index contributed by atoms with van der Waals surface area (Å²) in [6, 6.07) is 0. The molecule has 0 aliphatic carbocycles. The normalized spacial score (nSPS) is 44.5. The number of esters is 1. The van der Waals surface area contributed by atoms with Gasteiger partial charge in [0.25, 0.3) is 0 Å². The molecular weight excluding hydrogens is 296 g/mol. The van der Waals surface area contributed by atoms with E-state index >= 15 is 0 Å². The summed E-state index contributed by atoms with van der Waals surface area (Å²) in [5.74, 6) is -0.413. The predicted octanol–water partition coefficient (Wildman–Crippen LogP) is 1.99. The number of hydrogen-bond acceptors (Lipinski definition) is 5. The molecular formula is C18H32O5. The molecule has 0 unspecified atom stereocenters. The van der Waals surface area contributed by atoms with E-state index in [0.29, 0.717) is 5.92 Å². The fourth-order valence-corrected chi connectivity index (χ4v) is 4.08. The number of aliphatic hydroxyl groups is 2. The van der Waals surface area contributed by atoms with Gasteiger partial charge in [-0.1, -0.05) is 27.7 Å².